The van der Waals surface area contributed by atoms with Crippen molar-refractivity contribution >= 4 is 23.4 Å². The van der Waals surface area contributed by atoms with Crippen molar-refractivity contribution in [2.75, 3.05) is 26.2 Å². The third kappa shape index (κ3) is 5.32. The molecule has 0 heterocycles. The minimum Gasteiger partial charge on any atom is -0.395 e. The summed E-state index contributed by atoms with van der Waals surface area (Å²) in [4.78, 5) is 25.1. The van der Waals surface area contributed by atoms with Gasteiger partial charge in [0.15, 0.2) is 0 Å². The highest BCUT2D eigenvalue weighted by Gasteiger charge is 2.13. The van der Waals surface area contributed by atoms with Crippen molar-refractivity contribution in [3.05, 3.63) is 34.6 Å². The predicted octanol–water partition coefficient (Wildman–Crippen LogP) is 1.44. The van der Waals surface area contributed by atoms with Gasteiger partial charge in [0.25, 0.3) is 5.91 Å². The van der Waals surface area contributed by atoms with E-state index in [2.05, 4.69) is 5.32 Å². The Kier molecular flexibility index (Phi) is 7.11. The van der Waals surface area contributed by atoms with Gasteiger partial charge in [0, 0.05) is 26.1 Å². The Labute approximate surface area is 127 Å². The zero-order valence-corrected chi connectivity index (χ0v) is 12.5. The third-order valence-electron chi connectivity index (χ3n) is 2.90. The lowest BCUT2D eigenvalue weighted by molar-refractivity contribution is -0.131. The van der Waals surface area contributed by atoms with Crippen molar-refractivity contribution in [3.63, 3.8) is 0 Å². The number of nitrogens with zero attached hydrogens (tertiary/aromatic N) is 1. The summed E-state index contributed by atoms with van der Waals surface area (Å²) in [5, 5.41) is 11.4. The molecule has 5 nitrogen and oxygen atoms in total. The van der Waals surface area contributed by atoms with Crippen molar-refractivity contribution in [2.45, 2.75) is 13.3 Å². The smallest absolute Gasteiger partial charge is 0.252 e. The van der Waals surface area contributed by atoms with Gasteiger partial charge >= 0.3 is 0 Å². The molecule has 0 aliphatic carbocycles. The van der Waals surface area contributed by atoms with E-state index in [0.29, 0.717) is 6.54 Å². The molecule has 1 rings (SSSR count). The van der Waals surface area contributed by atoms with Gasteiger partial charge in [-0.25, -0.2) is 4.39 Å². The molecule has 7 heteroatoms. The van der Waals surface area contributed by atoms with Crippen molar-refractivity contribution in [1.29, 1.82) is 0 Å². The predicted molar refractivity (Wildman–Crippen MR) is 77.7 cm³/mol. The van der Waals surface area contributed by atoms with Crippen LogP contribution in [0.1, 0.15) is 23.7 Å². The second-order valence-corrected chi connectivity index (χ2v) is 4.73. The lowest BCUT2D eigenvalue weighted by Gasteiger charge is -2.19. The summed E-state index contributed by atoms with van der Waals surface area (Å²) < 4.78 is 12.9. The monoisotopic (exact) mass is 316 g/mol. The summed E-state index contributed by atoms with van der Waals surface area (Å²) in [6.45, 7) is 2.62. The number of amides is 2. The molecule has 2 amide bonds. The standard InChI is InChI=1S/C14H18ClFN2O3/c1-2-18(7-8-19)13(20)5-6-17-14(21)11-4-3-10(16)9-12(11)15/h3-4,9,19H,2,5-8H2,1H3,(H,17,21). The molecule has 0 radical (unpaired) electrons. The molecule has 0 atom stereocenters. The fraction of sp³-hybridized carbons (Fsp3) is 0.429. The van der Waals surface area contributed by atoms with Crippen LogP contribution in [0.5, 0.6) is 0 Å². The molecule has 0 aliphatic rings. The Hall–Kier alpha value is -1.66. The van der Waals surface area contributed by atoms with Crippen LogP contribution in [-0.4, -0.2) is 48.1 Å². The Balaban J connectivity index is 2.48. The summed E-state index contributed by atoms with van der Waals surface area (Å²) >= 11 is 5.78. The number of halogens is 2. The van der Waals surface area contributed by atoms with Gasteiger partial charge in [0.1, 0.15) is 5.82 Å². The van der Waals surface area contributed by atoms with E-state index in [1.165, 1.54) is 11.0 Å². The van der Waals surface area contributed by atoms with Crippen molar-refractivity contribution in [1.82, 2.24) is 10.2 Å². The highest BCUT2D eigenvalue weighted by Crippen LogP contribution is 2.16. The Morgan fingerprint density at radius 1 is 1.43 bits per heavy atom. The van der Waals surface area contributed by atoms with E-state index < -0.39 is 11.7 Å². The van der Waals surface area contributed by atoms with Crippen LogP contribution < -0.4 is 5.32 Å². The van der Waals surface area contributed by atoms with Gasteiger partial charge in [-0.2, -0.15) is 0 Å². The van der Waals surface area contributed by atoms with Crippen molar-refractivity contribution in [2.24, 2.45) is 0 Å². The average molecular weight is 317 g/mol. The maximum atomic E-state index is 12.9. The first-order valence-corrected chi connectivity index (χ1v) is 6.99. The number of nitrogens with one attached hydrogen (secondary N) is 1. The van der Waals surface area contributed by atoms with E-state index >= 15 is 0 Å². The maximum absolute atomic E-state index is 12.9. The van der Waals surface area contributed by atoms with Crippen molar-refractivity contribution in [3.8, 4) is 0 Å². The lowest BCUT2D eigenvalue weighted by atomic mass is 10.2. The molecule has 21 heavy (non-hydrogen) atoms. The number of aliphatic hydroxyl groups excluding tert-OH is 1. The van der Waals surface area contributed by atoms with Crippen LogP contribution in [0.25, 0.3) is 0 Å². The average Bonchev–Trinajstić information content (AvgIpc) is 2.44. The third-order valence-corrected chi connectivity index (χ3v) is 3.22. The minimum atomic E-state index is -0.519. The number of carbonyl (C=O) groups excluding carboxylic acids is 2. The molecule has 1 aromatic rings. The van der Waals surface area contributed by atoms with E-state index in [4.69, 9.17) is 16.7 Å². The second kappa shape index (κ2) is 8.59. The normalized spacial score (nSPS) is 10.3. The molecule has 0 aliphatic heterocycles. The number of hydrogen-bond donors (Lipinski definition) is 2. The molecule has 0 bridgehead atoms. The molecular formula is C14H18ClFN2O3. The van der Waals surface area contributed by atoms with Gasteiger partial charge in [-0.3, -0.25) is 9.59 Å². The van der Waals surface area contributed by atoms with Crippen LogP contribution >= 0.6 is 11.6 Å². The van der Waals surface area contributed by atoms with Crippen LogP contribution in [0.3, 0.4) is 0 Å². The second-order valence-electron chi connectivity index (χ2n) is 4.33. The highest BCUT2D eigenvalue weighted by molar-refractivity contribution is 6.33. The zero-order chi connectivity index (χ0) is 15.8. The maximum Gasteiger partial charge on any atom is 0.252 e. The molecule has 0 unspecified atom stereocenters. The van der Waals surface area contributed by atoms with Crippen LogP contribution in [-0.2, 0) is 4.79 Å². The van der Waals surface area contributed by atoms with E-state index in [1.807, 2.05) is 6.92 Å². The van der Waals surface area contributed by atoms with Crippen LogP contribution in [0, 0.1) is 5.82 Å². The SMILES string of the molecule is CCN(CCO)C(=O)CCNC(=O)c1ccc(F)cc1Cl. The van der Waals surface area contributed by atoms with E-state index in [1.54, 1.807) is 0 Å². The van der Waals surface area contributed by atoms with E-state index in [0.717, 1.165) is 12.1 Å². The molecule has 0 fully saturated rings. The molecule has 116 valence electrons. The topological polar surface area (TPSA) is 69.6 Å². The number of rotatable bonds is 7. The number of aliphatic hydroxyl groups is 1. The Bertz CT molecular complexity index is 511. The van der Waals surface area contributed by atoms with Crippen LogP contribution in [0.15, 0.2) is 18.2 Å². The number of likely N-dealkylation sites (N-methyl/N-ethyl adjacent to an activating group) is 1. The summed E-state index contributed by atoms with van der Waals surface area (Å²) in [5.74, 6) is -1.13. The van der Waals surface area contributed by atoms with Gasteiger partial charge in [0.05, 0.1) is 17.2 Å². The van der Waals surface area contributed by atoms with E-state index in [-0.39, 0.29) is 42.6 Å². The van der Waals surface area contributed by atoms with Gasteiger partial charge < -0.3 is 15.3 Å². The fourth-order valence-corrected chi connectivity index (χ4v) is 2.04. The summed E-state index contributed by atoms with van der Waals surface area (Å²) in [6, 6.07) is 3.49. The molecule has 0 spiro atoms. The van der Waals surface area contributed by atoms with Gasteiger partial charge in [-0.1, -0.05) is 11.6 Å². The van der Waals surface area contributed by atoms with Crippen LogP contribution in [0.4, 0.5) is 4.39 Å². The summed E-state index contributed by atoms with van der Waals surface area (Å²) in [7, 11) is 0. The highest BCUT2D eigenvalue weighted by atomic mass is 35.5. The van der Waals surface area contributed by atoms with Gasteiger partial charge in [0.2, 0.25) is 5.91 Å². The number of hydrogen-bond acceptors (Lipinski definition) is 3. The molecule has 0 aromatic heterocycles. The van der Waals surface area contributed by atoms with Gasteiger partial charge in [-0.15, -0.1) is 0 Å². The molecule has 2 N–H and O–H groups in total. The summed E-state index contributed by atoms with van der Waals surface area (Å²) in [5.41, 5.74) is 0.160. The van der Waals surface area contributed by atoms with E-state index in [9.17, 15) is 14.0 Å². The van der Waals surface area contributed by atoms with Crippen LogP contribution in [0.2, 0.25) is 5.02 Å². The molecular weight excluding hydrogens is 299 g/mol. The van der Waals surface area contributed by atoms with Gasteiger partial charge in [-0.05, 0) is 25.1 Å². The Morgan fingerprint density at radius 2 is 2.14 bits per heavy atom. The molecule has 1 aromatic carbocycles. The first-order valence-electron chi connectivity index (χ1n) is 6.61. The minimum absolute atomic E-state index is 0.0225. The lowest BCUT2D eigenvalue weighted by Crippen LogP contribution is -2.36. The Morgan fingerprint density at radius 3 is 2.71 bits per heavy atom. The number of carbonyl (C=O) groups is 2. The zero-order valence-electron chi connectivity index (χ0n) is 11.7. The fourth-order valence-electron chi connectivity index (χ4n) is 1.79. The largest absolute Gasteiger partial charge is 0.395 e. The first-order chi connectivity index (χ1) is 9.99. The number of benzene rings is 1. The van der Waals surface area contributed by atoms with Crippen molar-refractivity contribution < 1.29 is 19.1 Å². The molecule has 0 saturated carbocycles. The first kappa shape index (κ1) is 17.4. The summed E-state index contributed by atoms with van der Waals surface area (Å²) in [6.07, 6.45) is 0.123. The quantitative estimate of drug-likeness (QED) is 0.799. The molecule has 0 saturated heterocycles.